The second-order valence-corrected chi connectivity index (χ2v) is 4.30. The summed E-state index contributed by atoms with van der Waals surface area (Å²) in [5, 5.41) is 12.5. The van der Waals surface area contributed by atoms with Gasteiger partial charge in [-0.25, -0.2) is 4.79 Å². The number of carbonyl (C=O) groups is 1. The van der Waals surface area contributed by atoms with E-state index in [0.717, 1.165) is 5.56 Å². The lowest BCUT2D eigenvalue weighted by Gasteiger charge is -2.30. The van der Waals surface area contributed by atoms with Crippen LogP contribution in [0.5, 0.6) is 0 Å². The molecule has 0 aliphatic heterocycles. The van der Waals surface area contributed by atoms with Gasteiger partial charge in [-0.2, -0.15) is 0 Å². The van der Waals surface area contributed by atoms with Gasteiger partial charge in [0, 0.05) is 13.2 Å². The fourth-order valence-electron chi connectivity index (χ4n) is 1.82. The van der Waals surface area contributed by atoms with Gasteiger partial charge in [-0.05, 0) is 19.4 Å². The maximum Gasteiger partial charge on any atom is 0.328 e. The van der Waals surface area contributed by atoms with Crippen LogP contribution < -0.4 is 5.32 Å². The van der Waals surface area contributed by atoms with Crippen LogP contribution in [0.2, 0.25) is 0 Å². The molecule has 1 aromatic carbocycles. The van der Waals surface area contributed by atoms with Crippen LogP contribution in [0.3, 0.4) is 0 Å². The van der Waals surface area contributed by atoms with Crippen molar-refractivity contribution in [3.8, 4) is 0 Å². The van der Waals surface area contributed by atoms with Crippen molar-refractivity contribution in [3.05, 3.63) is 35.9 Å². The van der Waals surface area contributed by atoms with E-state index >= 15 is 0 Å². The molecule has 0 radical (unpaired) electrons. The van der Waals surface area contributed by atoms with Crippen molar-refractivity contribution in [2.24, 2.45) is 0 Å². The van der Waals surface area contributed by atoms with Crippen LogP contribution in [0.15, 0.2) is 30.3 Å². The smallest absolute Gasteiger partial charge is 0.328 e. The van der Waals surface area contributed by atoms with Gasteiger partial charge in [-0.1, -0.05) is 30.3 Å². The number of benzene rings is 1. The first-order valence-electron chi connectivity index (χ1n) is 5.56. The quantitative estimate of drug-likeness (QED) is 0.789. The third kappa shape index (κ3) is 3.28. The molecule has 1 aromatic rings. The fraction of sp³-hybridized carbons (Fsp3) is 0.462. The molecule has 0 aliphatic carbocycles. The number of ether oxygens (including phenoxy) is 1. The van der Waals surface area contributed by atoms with Gasteiger partial charge in [0.15, 0.2) is 0 Å². The van der Waals surface area contributed by atoms with Gasteiger partial charge in [0.05, 0.1) is 6.61 Å². The molecule has 0 saturated heterocycles. The molecule has 0 heterocycles. The zero-order chi connectivity index (χ0) is 12.9. The van der Waals surface area contributed by atoms with Crippen LogP contribution in [0.1, 0.15) is 19.4 Å². The van der Waals surface area contributed by atoms with Crippen LogP contribution in [0.4, 0.5) is 0 Å². The highest BCUT2D eigenvalue weighted by Gasteiger charge is 2.35. The number of carboxylic acids is 1. The number of methoxy groups -OCH3 is 1. The number of carboxylic acid groups (broad SMARTS) is 1. The third-order valence-corrected chi connectivity index (χ3v) is 2.73. The Hall–Kier alpha value is -1.39. The summed E-state index contributed by atoms with van der Waals surface area (Å²) < 4.78 is 5.01. The van der Waals surface area contributed by atoms with Crippen molar-refractivity contribution < 1.29 is 14.6 Å². The summed E-state index contributed by atoms with van der Waals surface area (Å²) in [6.45, 7) is 4.03. The first-order valence-corrected chi connectivity index (χ1v) is 5.56. The number of nitrogens with one attached hydrogen (secondary N) is 1. The molecule has 4 nitrogen and oxygen atoms in total. The van der Waals surface area contributed by atoms with Gasteiger partial charge in [0.1, 0.15) is 5.54 Å². The SMILES string of the molecule is COCC(C)NC(C)(C(=O)O)c1ccccc1. The Balaban J connectivity index is 2.94. The summed E-state index contributed by atoms with van der Waals surface area (Å²) in [7, 11) is 1.60. The molecular formula is C13H19NO3. The molecule has 4 heteroatoms. The average molecular weight is 237 g/mol. The van der Waals surface area contributed by atoms with Gasteiger partial charge in [-0.15, -0.1) is 0 Å². The van der Waals surface area contributed by atoms with Gasteiger partial charge < -0.3 is 9.84 Å². The van der Waals surface area contributed by atoms with E-state index < -0.39 is 11.5 Å². The van der Waals surface area contributed by atoms with Gasteiger partial charge in [0.2, 0.25) is 0 Å². The van der Waals surface area contributed by atoms with Gasteiger partial charge >= 0.3 is 5.97 Å². The summed E-state index contributed by atoms with van der Waals surface area (Å²) >= 11 is 0. The summed E-state index contributed by atoms with van der Waals surface area (Å²) in [6.07, 6.45) is 0. The molecule has 94 valence electrons. The highest BCUT2D eigenvalue weighted by Crippen LogP contribution is 2.21. The Morgan fingerprint density at radius 1 is 1.47 bits per heavy atom. The van der Waals surface area contributed by atoms with Gasteiger partial charge in [-0.3, -0.25) is 5.32 Å². The molecule has 2 atom stereocenters. The van der Waals surface area contributed by atoms with Crippen molar-refractivity contribution in [3.63, 3.8) is 0 Å². The lowest BCUT2D eigenvalue weighted by molar-refractivity contribution is -0.145. The number of hydrogen-bond acceptors (Lipinski definition) is 3. The van der Waals surface area contributed by atoms with E-state index in [0.29, 0.717) is 6.61 Å². The topological polar surface area (TPSA) is 58.6 Å². The molecule has 0 spiro atoms. The molecule has 2 N–H and O–H groups in total. The Labute approximate surface area is 102 Å². The Morgan fingerprint density at radius 2 is 2.06 bits per heavy atom. The first kappa shape index (κ1) is 13.7. The Morgan fingerprint density at radius 3 is 2.53 bits per heavy atom. The molecule has 0 bridgehead atoms. The van der Waals surface area contributed by atoms with E-state index in [4.69, 9.17) is 4.74 Å². The second kappa shape index (κ2) is 5.80. The zero-order valence-electron chi connectivity index (χ0n) is 10.4. The lowest BCUT2D eigenvalue weighted by atomic mass is 9.91. The molecule has 0 aliphatic rings. The van der Waals surface area contributed by atoms with E-state index in [1.165, 1.54) is 0 Å². The highest BCUT2D eigenvalue weighted by atomic mass is 16.5. The van der Waals surface area contributed by atoms with E-state index in [9.17, 15) is 9.90 Å². The van der Waals surface area contributed by atoms with E-state index in [2.05, 4.69) is 5.32 Å². The molecular weight excluding hydrogens is 218 g/mol. The standard InChI is InChI=1S/C13H19NO3/c1-10(9-17-3)14-13(2,12(15)16)11-7-5-4-6-8-11/h4-8,10,14H,9H2,1-3H3,(H,15,16). The van der Waals surface area contributed by atoms with Crippen molar-refractivity contribution in [1.29, 1.82) is 0 Å². The lowest BCUT2D eigenvalue weighted by Crippen LogP contribution is -2.51. The summed E-state index contributed by atoms with van der Waals surface area (Å²) in [6, 6.07) is 9.10. The molecule has 0 aromatic heterocycles. The van der Waals surface area contributed by atoms with Crippen LogP contribution in [-0.4, -0.2) is 30.8 Å². The number of rotatable bonds is 6. The molecule has 1 rings (SSSR count). The number of aliphatic carboxylic acids is 1. The largest absolute Gasteiger partial charge is 0.480 e. The molecule has 0 amide bonds. The Bertz CT molecular complexity index is 366. The maximum absolute atomic E-state index is 11.5. The van der Waals surface area contributed by atoms with E-state index in [1.807, 2.05) is 25.1 Å². The van der Waals surface area contributed by atoms with Gasteiger partial charge in [0.25, 0.3) is 0 Å². The van der Waals surface area contributed by atoms with Crippen molar-refractivity contribution in [1.82, 2.24) is 5.32 Å². The van der Waals surface area contributed by atoms with E-state index in [-0.39, 0.29) is 6.04 Å². The highest BCUT2D eigenvalue weighted by molar-refractivity contribution is 5.80. The normalized spacial score (nSPS) is 16.2. The van der Waals surface area contributed by atoms with Crippen molar-refractivity contribution in [2.75, 3.05) is 13.7 Å². The van der Waals surface area contributed by atoms with Crippen molar-refractivity contribution in [2.45, 2.75) is 25.4 Å². The predicted molar refractivity (Wildman–Crippen MR) is 65.9 cm³/mol. The molecule has 0 saturated carbocycles. The fourth-order valence-corrected chi connectivity index (χ4v) is 1.82. The minimum absolute atomic E-state index is 0.0405. The summed E-state index contributed by atoms with van der Waals surface area (Å²) in [5.74, 6) is -0.897. The molecule has 17 heavy (non-hydrogen) atoms. The molecule has 0 fully saturated rings. The van der Waals surface area contributed by atoms with Crippen molar-refractivity contribution >= 4 is 5.97 Å². The minimum Gasteiger partial charge on any atom is -0.480 e. The predicted octanol–water partition coefficient (Wildman–Crippen LogP) is 1.61. The van der Waals surface area contributed by atoms with Crippen LogP contribution >= 0.6 is 0 Å². The monoisotopic (exact) mass is 237 g/mol. The third-order valence-electron chi connectivity index (χ3n) is 2.73. The first-order chi connectivity index (χ1) is 8.00. The van der Waals surface area contributed by atoms with Crippen LogP contribution in [0.25, 0.3) is 0 Å². The average Bonchev–Trinajstić information content (AvgIpc) is 2.30. The van der Waals surface area contributed by atoms with E-state index in [1.54, 1.807) is 26.2 Å². The maximum atomic E-state index is 11.5. The van der Waals surface area contributed by atoms with Crippen LogP contribution in [-0.2, 0) is 15.1 Å². The van der Waals surface area contributed by atoms with Crippen LogP contribution in [0, 0.1) is 0 Å². The number of hydrogen-bond donors (Lipinski definition) is 2. The summed E-state index contributed by atoms with van der Waals surface area (Å²) in [5.41, 5.74) is -0.366. The Kier molecular flexibility index (Phi) is 4.66. The molecule has 2 unspecified atom stereocenters. The summed E-state index contributed by atoms with van der Waals surface area (Å²) in [4.78, 5) is 11.5. The minimum atomic E-state index is -1.10. The second-order valence-electron chi connectivity index (χ2n) is 4.30. The zero-order valence-corrected chi connectivity index (χ0v) is 10.4.